The molecule has 0 saturated heterocycles. The number of rotatable bonds is 3. The summed E-state index contributed by atoms with van der Waals surface area (Å²) in [6.45, 7) is 10.1. The monoisotopic (exact) mass is 160 g/mol. The molecular weight excluding hydrogens is 140 g/mol. The first-order valence-electron chi connectivity index (χ1n) is 4.13. The summed E-state index contributed by atoms with van der Waals surface area (Å²) in [5.74, 6) is 0. The van der Waals surface area contributed by atoms with E-state index in [1.807, 2.05) is 27.7 Å². The minimum Gasteiger partial charge on any atom is -0.388 e. The van der Waals surface area contributed by atoms with E-state index in [0.29, 0.717) is 6.61 Å². The molecule has 0 aromatic carbocycles. The highest BCUT2D eigenvalue weighted by molar-refractivity contribution is 4.71. The van der Waals surface area contributed by atoms with Crippen molar-refractivity contribution >= 4 is 0 Å². The van der Waals surface area contributed by atoms with Crippen molar-refractivity contribution in [2.75, 3.05) is 6.61 Å². The summed E-state index contributed by atoms with van der Waals surface area (Å²) in [4.78, 5) is 0. The Morgan fingerprint density at radius 2 is 1.64 bits per heavy atom. The van der Waals surface area contributed by atoms with Crippen LogP contribution in [0.2, 0.25) is 0 Å². The number of hydrogen-bond donors (Lipinski definition) is 1. The minimum absolute atomic E-state index is 0.154. The number of hydrogen-bond acceptors (Lipinski definition) is 2. The second-order valence-corrected chi connectivity index (χ2v) is 4.25. The van der Waals surface area contributed by atoms with Crippen molar-refractivity contribution in [3.63, 3.8) is 0 Å². The van der Waals surface area contributed by atoms with E-state index < -0.39 is 5.60 Å². The zero-order chi connectivity index (χ0) is 9.12. The molecule has 2 nitrogen and oxygen atoms in total. The summed E-state index contributed by atoms with van der Waals surface area (Å²) in [5.41, 5.74) is -0.827. The molecule has 0 rings (SSSR count). The zero-order valence-corrected chi connectivity index (χ0v) is 8.27. The van der Waals surface area contributed by atoms with Gasteiger partial charge in [0.1, 0.15) is 0 Å². The first kappa shape index (κ1) is 10.9. The summed E-state index contributed by atoms with van der Waals surface area (Å²) in [6, 6.07) is 0. The van der Waals surface area contributed by atoms with Crippen LogP contribution >= 0.6 is 0 Å². The summed E-state index contributed by atoms with van der Waals surface area (Å²) in [7, 11) is 0. The summed E-state index contributed by atoms with van der Waals surface area (Å²) in [6.07, 6.45) is 0.725. The van der Waals surface area contributed by atoms with Crippen molar-refractivity contribution in [3.05, 3.63) is 0 Å². The molecule has 1 atom stereocenters. The van der Waals surface area contributed by atoms with Gasteiger partial charge in [0.15, 0.2) is 0 Å². The van der Waals surface area contributed by atoms with E-state index >= 15 is 0 Å². The molecule has 0 saturated carbocycles. The Labute approximate surface area is 69.6 Å². The molecule has 0 heterocycles. The van der Waals surface area contributed by atoms with Crippen molar-refractivity contribution in [2.24, 2.45) is 0 Å². The second kappa shape index (κ2) is 3.55. The molecule has 0 fully saturated rings. The van der Waals surface area contributed by atoms with Crippen LogP contribution in [0.5, 0.6) is 0 Å². The lowest BCUT2D eigenvalue weighted by molar-refractivity contribution is -0.0919. The van der Waals surface area contributed by atoms with E-state index in [4.69, 9.17) is 4.74 Å². The second-order valence-electron chi connectivity index (χ2n) is 4.25. The quantitative estimate of drug-likeness (QED) is 0.684. The highest BCUT2D eigenvalue weighted by atomic mass is 16.5. The van der Waals surface area contributed by atoms with Crippen LogP contribution in [-0.4, -0.2) is 22.9 Å². The van der Waals surface area contributed by atoms with E-state index in [-0.39, 0.29) is 5.60 Å². The Kier molecular flexibility index (Phi) is 3.52. The molecule has 0 spiro atoms. The predicted molar refractivity (Wildman–Crippen MR) is 46.6 cm³/mol. The molecule has 0 bridgehead atoms. The third-order valence-electron chi connectivity index (χ3n) is 1.58. The molecule has 0 aliphatic carbocycles. The van der Waals surface area contributed by atoms with Crippen LogP contribution in [-0.2, 0) is 4.74 Å². The topological polar surface area (TPSA) is 29.5 Å². The van der Waals surface area contributed by atoms with E-state index in [1.54, 1.807) is 6.92 Å². The molecule has 0 amide bonds. The lowest BCUT2D eigenvalue weighted by Gasteiger charge is -2.27. The van der Waals surface area contributed by atoms with Gasteiger partial charge in [-0.1, -0.05) is 6.92 Å². The van der Waals surface area contributed by atoms with Crippen molar-refractivity contribution in [1.29, 1.82) is 0 Å². The molecule has 1 unspecified atom stereocenters. The fourth-order valence-corrected chi connectivity index (χ4v) is 0.474. The summed E-state index contributed by atoms with van der Waals surface area (Å²) < 4.78 is 5.44. The van der Waals surface area contributed by atoms with Gasteiger partial charge < -0.3 is 9.84 Å². The molecule has 1 N–H and O–H groups in total. The fraction of sp³-hybridized carbons (Fsp3) is 1.00. The van der Waals surface area contributed by atoms with Crippen LogP contribution in [0.3, 0.4) is 0 Å². The first-order chi connectivity index (χ1) is 4.77. The molecule has 0 radical (unpaired) electrons. The van der Waals surface area contributed by atoms with E-state index in [1.165, 1.54) is 0 Å². The van der Waals surface area contributed by atoms with Crippen LogP contribution in [0.1, 0.15) is 41.0 Å². The van der Waals surface area contributed by atoms with Gasteiger partial charge in [0.2, 0.25) is 0 Å². The maximum Gasteiger partial charge on any atom is 0.0849 e. The molecule has 2 heteroatoms. The van der Waals surface area contributed by atoms with Gasteiger partial charge in [-0.25, -0.2) is 0 Å². The smallest absolute Gasteiger partial charge is 0.0849 e. The van der Waals surface area contributed by atoms with Gasteiger partial charge in [-0.15, -0.1) is 0 Å². The highest BCUT2D eigenvalue weighted by Crippen LogP contribution is 2.14. The van der Waals surface area contributed by atoms with Crippen LogP contribution in [0.25, 0.3) is 0 Å². The molecule has 0 aliphatic heterocycles. The normalized spacial score (nSPS) is 18.0. The number of aliphatic hydroxyl groups is 1. The fourth-order valence-electron chi connectivity index (χ4n) is 0.474. The van der Waals surface area contributed by atoms with Crippen LogP contribution in [0.15, 0.2) is 0 Å². The molecule has 0 aliphatic rings. The molecule has 68 valence electrons. The van der Waals surface area contributed by atoms with Gasteiger partial charge >= 0.3 is 0 Å². The van der Waals surface area contributed by atoms with Crippen LogP contribution in [0, 0.1) is 0 Å². The standard InChI is InChI=1S/C9H20O2/c1-6-9(5,10)7-11-8(2,3)4/h10H,6-7H2,1-5H3. The lowest BCUT2D eigenvalue weighted by atomic mass is 10.1. The van der Waals surface area contributed by atoms with Gasteiger partial charge in [-0.3, -0.25) is 0 Å². The Hall–Kier alpha value is -0.0800. The molecular formula is C9H20O2. The maximum atomic E-state index is 9.56. The number of ether oxygens (including phenoxy) is 1. The van der Waals surface area contributed by atoms with Crippen molar-refractivity contribution in [3.8, 4) is 0 Å². The van der Waals surface area contributed by atoms with Crippen LogP contribution < -0.4 is 0 Å². The third-order valence-corrected chi connectivity index (χ3v) is 1.58. The van der Waals surface area contributed by atoms with Gasteiger partial charge in [-0.2, -0.15) is 0 Å². The Morgan fingerprint density at radius 1 is 1.18 bits per heavy atom. The van der Waals surface area contributed by atoms with Crippen molar-refractivity contribution in [1.82, 2.24) is 0 Å². The largest absolute Gasteiger partial charge is 0.388 e. The highest BCUT2D eigenvalue weighted by Gasteiger charge is 2.21. The summed E-state index contributed by atoms with van der Waals surface area (Å²) in [5, 5.41) is 9.56. The molecule has 11 heavy (non-hydrogen) atoms. The average molecular weight is 160 g/mol. The van der Waals surface area contributed by atoms with Gasteiger partial charge in [0.25, 0.3) is 0 Å². The van der Waals surface area contributed by atoms with E-state index in [9.17, 15) is 5.11 Å². The van der Waals surface area contributed by atoms with E-state index in [0.717, 1.165) is 6.42 Å². The Morgan fingerprint density at radius 3 is 1.91 bits per heavy atom. The minimum atomic E-state index is -0.673. The predicted octanol–water partition coefficient (Wildman–Crippen LogP) is 1.96. The first-order valence-corrected chi connectivity index (χ1v) is 4.13. The SMILES string of the molecule is CCC(C)(O)COC(C)(C)C. The Bertz CT molecular complexity index is 111. The lowest BCUT2D eigenvalue weighted by Crippen LogP contribution is -2.34. The van der Waals surface area contributed by atoms with Crippen LogP contribution in [0.4, 0.5) is 0 Å². The van der Waals surface area contributed by atoms with E-state index in [2.05, 4.69) is 0 Å². The van der Waals surface area contributed by atoms with Crippen molar-refractivity contribution in [2.45, 2.75) is 52.2 Å². The van der Waals surface area contributed by atoms with Gasteiger partial charge in [0, 0.05) is 0 Å². The maximum absolute atomic E-state index is 9.56. The molecule has 0 aromatic rings. The van der Waals surface area contributed by atoms with Gasteiger partial charge in [0.05, 0.1) is 17.8 Å². The molecule has 0 aromatic heterocycles. The van der Waals surface area contributed by atoms with Gasteiger partial charge in [-0.05, 0) is 34.1 Å². The average Bonchev–Trinajstić information content (AvgIpc) is 1.83. The van der Waals surface area contributed by atoms with Crippen molar-refractivity contribution < 1.29 is 9.84 Å². The zero-order valence-electron chi connectivity index (χ0n) is 8.27. The third kappa shape index (κ3) is 6.32. The Balaban J connectivity index is 3.70. The summed E-state index contributed by atoms with van der Waals surface area (Å²) >= 11 is 0.